The van der Waals surface area contributed by atoms with Crippen LogP contribution in [0.4, 0.5) is 0 Å². The molecule has 0 amide bonds. The van der Waals surface area contributed by atoms with Gasteiger partial charge in [-0.25, -0.2) is 0 Å². The number of aliphatic hydroxyl groups excluding tert-OH is 1. The summed E-state index contributed by atoms with van der Waals surface area (Å²) in [6.45, 7) is 8.73. The van der Waals surface area contributed by atoms with Crippen LogP contribution in [0, 0.1) is 40.9 Å². The molecule has 0 heterocycles. The molecule has 8 atom stereocenters. The maximum absolute atomic E-state index is 11.9. The molecule has 0 spiro atoms. The van der Waals surface area contributed by atoms with E-state index in [4.69, 9.17) is 0 Å². The van der Waals surface area contributed by atoms with Crippen molar-refractivity contribution in [1.29, 1.82) is 0 Å². The van der Waals surface area contributed by atoms with E-state index in [1.54, 1.807) is 0 Å². The second kappa shape index (κ2) is 6.37. The summed E-state index contributed by atoms with van der Waals surface area (Å²) in [5.74, 6) is 4.45. The quantitative estimate of drug-likeness (QED) is 0.739. The molecule has 2 heteroatoms. The molecule has 3 saturated carbocycles. The number of allylic oxidation sites excluding steroid dienone is 1. The van der Waals surface area contributed by atoms with Crippen LogP contribution >= 0.6 is 0 Å². The lowest BCUT2D eigenvalue weighted by Crippen LogP contribution is -2.50. The van der Waals surface area contributed by atoms with Crippen molar-refractivity contribution in [2.45, 2.75) is 71.3 Å². The smallest absolute Gasteiger partial charge is 0.155 e. The normalized spacial score (nSPS) is 47.3. The van der Waals surface area contributed by atoms with E-state index in [0.29, 0.717) is 29.0 Å². The average Bonchev–Trinajstić information content (AvgIpc) is 2.91. The number of carbonyl (C=O) groups is 1. The number of aliphatic hydroxyl groups is 1. The van der Waals surface area contributed by atoms with Crippen molar-refractivity contribution in [3.63, 3.8) is 0 Å². The summed E-state index contributed by atoms with van der Waals surface area (Å²) in [5.41, 5.74) is 1.76. The Morgan fingerprint density at radius 2 is 2.16 bits per heavy atom. The molecule has 1 N–H and O–H groups in total. The summed E-state index contributed by atoms with van der Waals surface area (Å²) < 4.78 is 0. The molecular formula is C23H34O2. The molecule has 2 nitrogen and oxygen atoms in total. The Hall–Kier alpha value is -0.890. The largest absolute Gasteiger partial charge is 0.392 e. The van der Waals surface area contributed by atoms with Crippen molar-refractivity contribution in [2.75, 3.05) is 0 Å². The maximum atomic E-state index is 11.9. The molecule has 0 saturated heterocycles. The first kappa shape index (κ1) is 17.5. The molecule has 4 aliphatic carbocycles. The maximum Gasteiger partial charge on any atom is 0.155 e. The molecule has 0 aromatic heterocycles. The fraction of sp³-hybridized carbons (Fsp3) is 0.783. The molecular weight excluding hydrogens is 308 g/mol. The van der Waals surface area contributed by atoms with Crippen LogP contribution < -0.4 is 0 Å². The molecule has 0 aromatic rings. The molecule has 0 radical (unpaired) electrons. The summed E-state index contributed by atoms with van der Waals surface area (Å²) in [7, 11) is 0. The van der Waals surface area contributed by atoms with Gasteiger partial charge in [-0.15, -0.1) is 6.58 Å². The third kappa shape index (κ3) is 2.67. The monoisotopic (exact) mass is 342 g/mol. The van der Waals surface area contributed by atoms with Gasteiger partial charge in [-0.3, -0.25) is 4.79 Å². The highest BCUT2D eigenvalue weighted by molar-refractivity contribution is 5.91. The lowest BCUT2D eigenvalue weighted by molar-refractivity contribution is -0.116. The van der Waals surface area contributed by atoms with E-state index >= 15 is 0 Å². The summed E-state index contributed by atoms with van der Waals surface area (Å²) >= 11 is 0. The fourth-order valence-corrected chi connectivity index (χ4v) is 7.60. The first-order valence-electron chi connectivity index (χ1n) is 10.5. The minimum atomic E-state index is -0.217. The zero-order valence-corrected chi connectivity index (χ0v) is 15.9. The number of fused-ring (bicyclic) bond motifs is 5. The van der Waals surface area contributed by atoms with Crippen LogP contribution in [0.3, 0.4) is 0 Å². The number of ketones is 1. The lowest BCUT2D eigenvalue weighted by atomic mass is 9.48. The topological polar surface area (TPSA) is 37.3 Å². The fourth-order valence-electron chi connectivity index (χ4n) is 7.60. The second-order valence-electron chi connectivity index (χ2n) is 9.68. The first-order valence-corrected chi connectivity index (χ1v) is 10.5. The zero-order chi connectivity index (χ0) is 17.8. The number of rotatable bonds is 3. The van der Waals surface area contributed by atoms with Crippen molar-refractivity contribution in [3.05, 3.63) is 24.3 Å². The highest BCUT2D eigenvalue weighted by Crippen LogP contribution is 2.65. The summed E-state index contributed by atoms with van der Waals surface area (Å²) in [6.07, 6.45) is 12.4. The molecule has 0 unspecified atom stereocenters. The molecule has 25 heavy (non-hydrogen) atoms. The predicted octanol–water partition coefficient (Wildman–Crippen LogP) is 4.93. The Bertz CT molecular complexity index is 591. The second-order valence-corrected chi connectivity index (χ2v) is 9.68. The summed E-state index contributed by atoms with van der Waals surface area (Å²) in [4.78, 5) is 11.9. The van der Waals surface area contributed by atoms with Gasteiger partial charge in [0.2, 0.25) is 0 Å². The van der Waals surface area contributed by atoms with E-state index in [-0.39, 0.29) is 6.10 Å². The van der Waals surface area contributed by atoms with Crippen LogP contribution in [0.25, 0.3) is 0 Å². The predicted molar refractivity (Wildman–Crippen MR) is 101 cm³/mol. The molecule has 138 valence electrons. The standard InChI is InChI=1S/C23H34O2/c1-4-5-21(25)19-8-9-20-22-14(2)12-15-13-16(24)6-7-17(15)18(22)10-11-23(19,20)3/h4,13-14,17-22,25H,1,5-12H2,2-3H3/t14-,17+,18-,19+,20-,21-,22-,23-/m1/s1. The van der Waals surface area contributed by atoms with Gasteiger partial charge in [-0.05, 0) is 91.9 Å². The average molecular weight is 343 g/mol. The Balaban J connectivity index is 1.61. The molecule has 0 aliphatic heterocycles. The van der Waals surface area contributed by atoms with Crippen molar-refractivity contribution in [3.8, 4) is 0 Å². The van der Waals surface area contributed by atoms with E-state index in [1.807, 2.05) is 12.2 Å². The van der Waals surface area contributed by atoms with Crippen molar-refractivity contribution >= 4 is 5.78 Å². The van der Waals surface area contributed by atoms with E-state index in [1.165, 1.54) is 31.3 Å². The zero-order valence-electron chi connectivity index (χ0n) is 15.9. The number of hydrogen-bond donors (Lipinski definition) is 1. The van der Waals surface area contributed by atoms with Gasteiger partial charge in [-0.2, -0.15) is 0 Å². The van der Waals surface area contributed by atoms with E-state index in [0.717, 1.165) is 43.4 Å². The van der Waals surface area contributed by atoms with E-state index in [2.05, 4.69) is 20.4 Å². The SMILES string of the molecule is C=CC[C@@H](O)[C@@H]1CC[C@@H]2[C@H]3[C@H](CC[C@@]21C)[C@H]1CCC(=O)C=C1C[C@H]3C. The van der Waals surface area contributed by atoms with Gasteiger partial charge in [0.05, 0.1) is 6.10 Å². The van der Waals surface area contributed by atoms with Gasteiger partial charge in [0.25, 0.3) is 0 Å². The van der Waals surface area contributed by atoms with Gasteiger partial charge >= 0.3 is 0 Å². The van der Waals surface area contributed by atoms with Crippen LogP contribution in [-0.4, -0.2) is 17.0 Å². The van der Waals surface area contributed by atoms with Gasteiger partial charge in [0.15, 0.2) is 5.78 Å². The lowest BCUT2D eigenvalue weighted by Gasteiger charge is -2.56. The first-order chi connectivity index (χ1) is 12.0. The van der Waals surface area contributed by atoms with E-state index < -0.39 is 0 Å². The van der Waals surface area contributed by atoms with Gasteiger partial charge in [0.1, 0.15) is 0 Å². The highest BCUT2D eigenvalue weighted by atomic mass is 16.3. The molecule has 3 fully saturated rings. The highest BCUT2D eigenvalue weighted by Gasteiger charge is 2.58. The van der Waals surface area contributed by atoms with Crippen molar-refractivity contribution in [1.82, 2.24) is 0 Å². The molecule has 0 aromatic carbocycles. The summed E-state index contributed by atoms with van der Waals surface area (Å²) in [5, 5.41) is 10.7. The Kier molecular flexibility index (Phi) is 4.46. The van der Waals surface area contributed by atoms with Crippen LogP contribution in [0.5, 0.6) is 0 Å². The van der Waals surface area contributed by atoms with Gasteiger partial charge < -0.3 is 5.11 Å². The Morgan fingerprint density at radius 3 is 2.92 bits per heavy atom. The Labute approximate surface area is 152 Å². The number of hydrogen-bond acceptors (Lipinski definition) is 2. The van der Waals surface area contributed by atoms with Crippen LogP contribution in [0.15, 0.2) is 24.3 Å². The van der Waals surface area contributed by atoms with Crippen LogP contribution in [0.1, 0.15) is 65.2 Å². The molecule has 0 bridgehead atoms. The van der Waals surface area contributed by atoms with Crippen LogP contribution in [0.2, 0.25) is 0 Å². The third-order valence-corrected chi connectivity index (χ3v) is 8.59. The summed E-state index contributed by atoms with van der Waals surface area (Å²) in [6, 6.07) is 0. The van der Waals surface area contributed by atoms with Gasteiger partial charge in [-0.1, -0.05) is 25.5 Å². The van der Waals surface area contributed by atoms with Gasteiger partial charge in [0, 0.05) is 6.42 Å². The van der Waals surface area contributed by atoms with E-state index in [9.17, 15) is 9.90 Å². The molecule has 4 rings (SSSR count). The third-order valence-electron chi connectivity index (χ3n) is 8.59. The van der Waals surface area contributed by atoms with Crippen molar-refractivity contribution < 1.29 is 9.90 Å². The van der Waals surface area contributed by atoms with Crippen molar-refractivity contribution in [2.24, 2.45) is 40.9 Å². The Morgan fingerprint density at radius 1 is 1.36 bits per heavy atom. The number of carbonyl (C=O) groups excluding carboxylic acids is 1. The van der Waals surface area contributed by atoms with Crippen LogP contribution in [-0.2, 0) is 4.79 Å². The minimum Gasteiger partial charge on any atom is -0.392 e. The minimum absolute atomic E-state index is 0.217. The molecule has 4 aliphatic rings.